The molecule has 2 heterocycles. The molecule has 0 saturated carbocycles. The average Bonchev–Trinajstić information content (AvgIpc) is 2.52. The molecule has 0 bridgehead atoms. The molecule has 1 aromatic rings. The molecule has 2 N–H and O–H groups in total. The topological polar surface area (TPSA) is 70.2 Å². The molecule has 6 heteroatoms. The fourth-order valence-corrected chi connectivity index (χ4v) is 2.32. The Hall–Kier alpha value is -1.85. The van der Waals surface area contributed by atoms with Crippen molar-refractivity contribution in [3.05, 3.63) is 12.4 Å². The smallest absolute Gasteiger partial charge is 0.222 e. The fourth-order valence-electron chi connectivity index (χ4n) is 2.32. The van der Waals surface area contributed by atoms with E-state index in [1.165, 1.54) is 19.3 Å². The normalized spacial score (nSPS) is 15.1. The van der Waals surface area contributed by atoms with Crippen molar-refractivity contribution in [2.45, 2.75) is 33.1 Å². The zero-order valence-electron chi connectivity index (χ0n) is 12.9. The van der Waals surface area contributed by atoms with E-state index in [1.807, 2.05) is 19.9 Å². The van der Waals surface area contributed by atoms with E-state index in [0.29, 0.717) is 13.1 Å². The van der Waals surface area contributed by atoms with Crippen molar-refractivity contribution >= 4 is 17.5 Å². The highest BCUT2D eigenvalue weighted by atomic mass is 16.1. The van der Waals surface area contributed by atoms with E-state index in [1.54, 1.807) is 6.33 Å². The van der Waals surface area contributed by atoms with Gasteiger partial charge in [-0.2, -0.15) is 0 Å². The Morgan fingerprint density at radius 1 is 1.24 bits per heavy atom. The van der Waals surface area contributed by atoms with E-state index in [9.17, 15) is 4.79 Å². The Morgan fingerprint density at radius 2 is 2.00 bits per heavy atom. The van der Waals surface area contributed by atoms with Gasteiger partial charge < -0.3 is 15.5 Å². The summed E-state index contributed by atoms with van der Waals surface area (Å²) in [5.74, 6) is 1.89. The molecular formula is C15H25N5O. The van der Waals surface area contributed by atoms with Crippen LogP contribution in [0.1, 0.15) is 33.1 Å². The van der Waals surface area contributed by atoms with Crippen molar-refractivity contribution in [1.82, 2.24) is 15.3 Å². The first-order valence-corrected chi connectivity index (χ1v) is 7.75. The molecule has 1 aromatic heterocycles. The van der Waals surface area contributed by atoms with Gasteiger partial charge >= 0.3 is 0 Å². The summed E-state index contributed by atoms with van der Waals surface area (Å²) in [5.41, 5.74) is 0. The SMILES string of the molecule is CC(C)C(=O)NCCNc1cc(N2CCCCC2)ncn1. The maximum Gasteiger partial charge on any atom is 0.222 e. The third-order valence-corrected chi connectivity index (χ3v) is 3.59. The molecule has 0 atom stereocenters. The van der Waals surface area contributed by atoms with Gasteiger partial charge in [0.2, 0.25) is 5.91 Å². The molecule has 1 saturated heterocycles. The highest BCUT2D eigenvalue weighted by molar-refractivity contribution is 5.77. The highest BCUT2D eigenvalue weighted by Gasteiger charge is 2.12. The standard InChI is InChI=1S/C15H25N5O/c1-12(2)15(21)17-7-6-16-13-10-14(19-11-18-13)20-8-4-3-5-9-20/h10-12H,3-9H2,1-2H3,(H,17,21)(H,16,18,19). The number of hydrogen-bond donors (Lipinski definition) is 2. The molecule has 1 amide bonds. The summed E-state index contributed by atoms with van der Waals surface area (Å²) in [5, 5.41) is 6.10. The van der Waals surface area contributed by atoms with Gasteiger partial charge in [0, 0.05) is 38.2 Å². The fraction of sp³-hybridized carbons (Fsp3) is 0.667. The summed E-state index contributed by atoms with van der Waals surface area (Å²) in [6.45, 7) is 7.17. The molecule has 2 rings (SSSR count). The number of nitrogens with one attached hydrogen (secondary N) is 2. The minimum absolute atomic E-state index is 0.0229. The van der Waals surface area contributed by atoms with Crippen LogP contribution in [0.15, 0.2) is 12.4 Å². The van der Waals surface area contributed by atoms with Crippen LogP contribution in [0.2, 0.25) is 0 Å². The Kier molecular flexibility index (Phi) is 5.78. The Labute approximate surface area is 126 Å². The second kappa shape index (κ2) is 7.81. The lowest BCUT2D eigenvalue weighted by atomic mass is 10.1. The van der Waals surface area contributed by atoms with Crippen LogP contribution in [0, 0.1) is 5.92 Å². The van der Waals surface area contributed by atoms with Crippen LogP contribution < -0.4 is 15.5 Å². The number of nitrogens with zero attached hydrogens (tertiary/aromatic N) is 3. The van der Waals surface area contributed by atoms with E-state index in [2.05, 4.69) is 25.5 Å². The van der Waals surface area contributed by atoms with Crippen LogP contribution in [0.4, 0.5) is 11.6 Å². The summed E-state index contributed by atoms with van der Waals surface area (Å²) in [6.07, 6.45) is 5.36. The second-order valence-corrected chi connectivity index (χ2v) is 5.68. The van der Waals surface area contributed by atoms with Gasteiger partial charge in [0.05, 0.1) is 0 Å². The lowest BCUT2D eigenvalue weighted by Crippen LogP contribution is -2.32. The number of piperidine rings is 1. The van der Waals surface area contributed by atoms with Gasteiger partial charge in [-0.3, -0.25) is 4.79 Å². The third kappa shape index (κ3) is 4.88. The molecule has 0 aliphatic carbocycles. The minimum Gasteiger partial charge on any atom is -0.368 e. The summed E-state index contributed by atoms with van der Waals surface area (Å²) < 4.78 is 0. The number of hydrogen-bond acceptors (Lipinski definition) is 5. The van der Waals surface area contributed by atoms with E-state index >= 15 is 0 Å². The van der Waals surface area contributed by atoms with E-state index in [0.717, 1.165) is 24.7 Å². The first-order chi connectivity index (χ1) is 10.2. The number of amides is 1. The molecule has 116 valence electrons. The lowest BCUT2D eigenvalue weighted by Gasteiger charge is -2.27. The van der Waals surface area contributed by atoms with Gasteiger partial charge in [0.25, 0.3) is 0 Å². The first-order valence-electron chi connectivity index (χ1n) is 7.75. The summed E-state index contributed by atoms with van der Waals surface area (Å²) in [6, 6.07) is 1.98. The van der Waals surface area contributed by atoms with Crippen LogP contribution in [0.5, 0.6) is 0 Å². The molecule has 0 unspecified atom stereocenters. The second-order valence-electron chi connectivity index (χ2n) is 5.68. The van der Waals surface area contributed by atoms with Gasteiger partial charge in [0.15, 0.2) is 0 Å². The van der Waals surface area contributed by atoms with Crippen molar-refractivity contribution in [2.75, 3.05) is 36.4 Å². The summed E-state index contributed by atoms with van der Waals surface area (Å²) in [7, 11) is 0. The Morgan fingerprint density at radius 3 is 2.71 bits per heavy atom. The molecule has 1 aliphatic heterocycles. The van der Waals surface area contributed by atoms with Crippen molar-refractivity contribution in [1.29, 1.82) is 0 Å². The Balaban J connectivity index is 1.79. The first kappa shape index (κ1) is 15.5. The molecule has 1 aliphatic rings. The van der Waals surface area contributed by atoms with E-state index in [4.69, 9.17) is 0 Å². The Bertz CT molecular complexity index is 457. The molecule has 0 radical (unpaired) electrons. The predicted molar refractivity (Wildman–Crippen MR) is 84.4 cm³/mol. The molecule has 21 heavy (non-hydrogen) atoms. The maximum absolute atomic E-state index is 11.4. The molecule has 0 spiro atoms. The largest absolute Gasteiger partial charge is 0.368 e. The van der Waals surface area contributed by atoms with Crippen LogP contribution in [0.3, 0.4) is 0 Å². The zero-order valence-corrected chi connectivity index (χ0v) is 12.9. The van der Waals surface area contributed by atoms with Crippen molar-refractivity contribution in [2.24, 2.45) is 5.92 Å². The minimum atomic E-state index is 0.0229. The molecule has 1 fully saturated rings. The number of carbonyl (C=O) groups is 1. The van der Waals surface area contributed by atoms with Crippen LogP contribution >= 0.6 is 0 Å². The predicted octanol–water partition coefficient (Wildman–Crippen LogP) is 1.65. The van der Waals surface area contributed by atoms with Crippen LogP contribution in [-0.4, -0.2) is 42.1 Å². The van der Waals surface area contributed by atoms with Gasteiger partial charge in [-0.05, 0) is 19.3 Å². The van der Waals surface area contributed by atoms with Gasteiger partial charge in [0.1, 0.15) is 18.0 Å². The zero-order chi connectivity index (χ0) is 15.1. The molecule has 0 aromatic carbocycles. The molecular weight excluding hydrogens is 266 g/mol. The van der Waals surface area contributed by atoms with Crippen LogP contribution in [0.25, 0.3) is 0 Å². The van der Waals surface area contributed by atoms with Crippen molar-refractivity contribution in [3.8, 4) is 0 Å². The van der Waals surface area contributed by atoms with Gasteiger partial charge in [-0.15, -0.1) is 0 Å². The number of aromatic nitrogens is 2. The van der Waals surface area contributed by atoms with Crippen LogP contribution in [-0.2, 0) is 4.79 Å². The number of rotatable bonds is 6. The number of carbonyl (C=O) groups excluding carboxylic acids is 1. The van der Waals surface area contributed by atoms with Gasteiger partial charge in [-0.1, -0.05) is 13.8 Å². The highest BCUT2D eigenvalue weighted by Crippen LogP contribution is 2.18. The number of anilines is 2. The monoisotopic (exact) mass is 291 g/mol. The van der Waals surface area contributed by atoms with Crippen molar-refractivity contribution in [3.63, 3.8) is 0 Å². The van der Waals surface area contributed by atoms with Crippen molar-refractivity contribution < 1.29 is 4.79 Å². The van der Waals surface area contributed by atoms with E-state index in [-0.39, 0.29) is 11.8 Å². The average molecular weight is 291 g/mol. The third-order valence-electron chi connectivity index (χ3n) is 3.59. The summed E-state index contributed by atoms with van der Waals surface area (Å²) >= 11 is 0. The van der Waals surface area contributed by atoms with E-state index < -0.39 is 0 Å². The van der Waals surface area contributed by atoms with Gasteiger partial charge in [-0.25, -0.2) is 9.97 Å². The molecule has 6 nitrogen and oxygen atoms in total. The lowest BCUT2D eigenvalue weighted by molar-refractivity contribution is -0.123. The maximum atomic E-state index is 11.4. The quantitative estimate of drug-likeness (QED) is 0.780. The summed E-state index contributed by atoms with van der Waals surface area (Å²) in [4.78, 5) is 22.3.